The number of nitrogens with zero attached hydrogens (tertiary/aromatic N) is 1. The Labute approximate surface area is 78.6 Å². The van der Waals surface area contributed by atoms with Gasteiger partial charge in [0.15, 0.2) is 0 Å². The van der Waals surface area contributed by atoms with Gasteiger partial charge < -0.3 is 5.73 Å². The summed E-state index contributed by atoms with van der Waals surface area (Å²) < 4.78 is 0. The number of hydrogen-bond donors (Lipinski definition) is 3. The summed E-state index contributed by atoms with van der Waals surface area (Å²) in [5.74, 6) is 0.0380. The molecule has 2 unspecified atom stereocenters. The van der Waals surface area contributed by atoms with Crippen LogP contribution in [0.4, 0.5) is 0 Å². The molecule has 0 bridgehead atoms. The highest BCUT2D eigenvalue weighted by atomic mass is 16.2. The third-order valence-electron chi connectivity index (χ3n) is 2.60. The van der Waals surface area contributed by atoms with Gasteiger partial charge in [-0.2, -0.15) is 0 Å². The molecule has 76 valence electrons. The van der Waals surface area contributed by atoms with Gasteiger partial charge in [0.2, 0.25) is 5.91 Å². The van der Waals surface area contributed by atoms with E-state index in [2.05, 4.69) is 10.7 Å². The van der Waals surface area contributed by atoms with Crippen LogP contribution in [0.2, 0.25) is 0 Å². The Balaban J connectivity index is 2.64. The Hall–Kier alpha value is -0.650. The molecule has 1 saturated heterocycles. The minimum absolute atomic E-state index is 0.0657. The van der Waals surface area contributed by atoms with E-state index in [4.69, 9.17) is 5.73 Å². The van der Waals surface area contributed by atoms with Gasteiger partial charge in [-0.05, 0) is 6.92 Å². The summed E-state index contributed by atoms with van der Waals surface area (Å²) in [6.07, 6.45) is 0. The standard InChI is InChI=1S/C8H18N4O/c1-6-7(13)12(3)11-8(6,2)10-5-4-9/h6,10-11H,4-5,9H2,1-3H3. The van der Waals surface area contributed by atoms with Crippen molar-refractivity contribution in [2.45, 2.75) is 19.5 Å². The number of hydrazine groups is 1. The molecular weight excluding hydrogens is 168 g/mol. The van der Waals surface area contributed by atoms with Crippen molar-refractivity contribution in [1.29, 1.82) is 0 Å². The van der Waals surface area contributed by atoms with Gasteiger partial charge in [-0.25, -0.2) is 5.43 Å². The molecule has 1 heterocycles. The lowest BCUT2D eigenvalue weighted by Gasteiger charge is -2.28. The predicted octanol–water partition coefficient (Wildman–Crippen LogP) is -1.14. The summed E-state index contributed by atoms with van der Waals surface area (Å²) in [5, 5.41) is 4.74. The Morgan fingerprint density at radius 2 is 2.38 bits per heavy atom. The van der Waals surface area contributed by atoms with Crippen LogP contribution < -0.4 is 16.5 Å². The predicted molar refractivity (Wildman–Crippen MR) is 50.5 cm³/mol. The molecule has 1 fully saturated rings. The topological polar surface area (TPSA) is 70.4 Å². The van der Waals surface area contributed by atoms with Crippen molar-refractivity contribution in [3.8, 4) is 0 Å². The molecule has 4 N–H and O–H groups in total. The van der Waals surface area contributed by atoms with Crippen LogP contribution in [0, 0.1) is 5.92 Å². The molecule has 5 nitrogen and oxygen atoms in total. The van der Waals surface area contributed by atoms with E-state index in [0.29, 0.717) is 13.1 Å². The van der Waals surface area contributed by atoms with Gasteiger partial charge in [0.1, 0.15) is 0 Å². The average molecular weight is 186 g/mol. The van der Waals surface area contributed by atoms with E-state index in [0.717, 1.165) is 0 Å². The normalized spacial score (nSPS) is 34.3. The molecule has 0 aromatic rings. The van der Waals surface area contributed by atoms with Crippen LogP contribution in [0.25, 0.3) is 0 Å². The van der Waals surface area contributed by atoms with Crippen molar-refractivity contribution in [3.63, 3.8) is 0 Å². The number of nitrogens with two attached hydrogens (primary N) is 1. The van der Waals surface area contributed by atoms with Crippen molar-refractivity contribution in [1.82, 2.24) is 15.8 Å². The Morgan fingerprint density at radius 1 is 1.77 bits per heavy atom. The van der Waals surface area contributed by atoms with Crippen LogP contribution in [0.5, 0.6) is 0 Å². The highest BCUT2D eigenvalue weighted by Crippen LogP contribution is 2.22. The first-order valence-electron chi connectivity index (χ1n) is 4.52. The lowest BCUT2D eigenvalue weighted by atomic mass is 9.98. The number of carbonyl (C=O) groups is 1. The van der Waals surface area contributed by atoms with Crippen molar-refractivity contribution in [3.05, 3.63) is 0 Å². The van der Waals surface area contributed by atoms with Crippen molar-refractivity contribution in [2.24, 2.45) is 11.7 Å². The lowest BCUT2D eigenvalue weighted by Crippen LogP contribution is -2.57. The summed E-state index contributed by atoms with van der Waals surface area (Å²) in [6.45, 7) is 5.15. The van der Waals surface area contributed by atoms with Crippen LogP contribution in [0.15, 0.2) is 0 Å². The molecule has 1 aliphatic rings. The van der Waals surface area contributed by atoms with Crippen LogP contribution in [-0.2, 0) is 4.79 Å². The van der Waals surface area contributed by atoms with Crippen LogP contribution in [0.3, 0.4) is 0 Å². The second-order valence-electron chi connectivity index (χ2n) is 3.65. The molecule has 0 radical (unpaired) electrons. The van der Waals surface area contributed by atoms with Gasteiger partial charge in [0.25, 0.3) is 0 Å². The molecule has 0 saturated carbocycles. The van der Waals surface area contributed by atoms with E-state index in [9.17, 15) is 4.79 Å². The zero-order valence-electron chi connectivity index (χ0n) is 8.42. The third-order valence-corrected chi connectivity index (χ3v) is 2.60. The highest BCUT2D eigenvalue weighted by molar-refractivity contribution is 5.81. The zero-order chi connectivity index (χ0) is 10.1. The zero-order valence-corrected chi connectivity index (χ0v) is 8.42. The van der Waals surface area contributed by atoms with Gasteiger partial charge >= 0.3 is 0 Å². The molecule has 0 aromatic heterocycles. The molecule has 0 spiro atoms. The second-order valence-corrected chi connectivity index (χ2v) is 3.65. The van der Waals surface area contributed by atoms with Gasteiger partial charge in [-0.3, -0.25) is 15.1 Å². The molecule has 13 heavy (non-hydrogen) atoms. The third kappa shape index (κ3) is 1.82. The summed E-state index contributed by atoms with van der Waals surface area (Å²) in [4.78, 5) is 11.5. The first-order valence-corrected chi connectivity index (χ1v) is 4.52. The van der Waals surface area contributed by atoms with Gasteiger partial charge in [-0.15, -0.1) is 0 Å². The first kappa shape index (κ1) is 10.4. The molecule has 1 rings (SSSR count). The van der Waals surface area contributed by atoms with Gasteiger partial charge in [0.05, 0.1) is 11.6 Å². The summed E-state index contributed by atoms with van der Waals surface area (Å²) in [5.41, 5.74) is 8.12. The Morgan fingerprint density at radius 3 is 2.77 bits per heavy atom. The maximum atomic E-state index is 11.5. The fourth-order valence-electron chi connectivity index (χ4n) is 1.56. The Kier molecular flexibility index (Phi) is 2.90. The summed E-state index contributed by atoms with van der Waals surface area (Å²) in [7, 11) is 1.73. The minimum Gasteiger partial charge on any atom is -0.329 e. The largest absolute Gasteiger partial charge is 0.329 e. The van der Waals surface area contributed by atoms with Crippen molar-refractivity contribution < 1.29 is 4.79 Å². The monoisotopic (exact) mass is 186 g/mol. The highest BCUT2D eigenvalue weighted by Gasteiger charge is 2.44. The molecule has 1 aliphatic heterocycles. The number of carbonyl (C=O) groups excluding carboxylic acids is 1. The van der Waals surface area contributed by atoms with E-state index in [1.807, 2.05) is 13.8 Å². The fourth-order valence-corrected chi connectivity index (χ4v) is 1.56. The quantitative estimate of drug-likeness (QED) is 0.521. The molecule has 0 aromatic carbocycles. The maximum Gasteiger partial charge on any atom is 0.242 e. The minimum atomic E-state index is -0.356. The number of hydrogen-bond acceptors (Lipinski definition) is 4. The lowest BCUT2D eigenvalue weighted by molar-refractivity contribution is -0.130. The van der Waals surface area contributed by atoms with Crippen molar-refractivity contribution >= 4 is 5.91 Å². The summed E-state index contributed by atoms with van der Waals surface area (Å²) in [6, 6.07) is 0. The number of rotatable bonds is 3. The number of nitrogens with one attached hydrogen (secondary N) is 2. The molecule has 5 heteroatoms. The SMILES string of the molecule is CC1C(=O)N(C)NC1(C)NCCN. The number of amides is 1. The van der Waals surface area contributed by atoms with E-state index in [-0.39, 0.29) is 17.5 Å². The van der Waals surface area contributed by atoms with E-state index in [1.54, 1.807) is 7.05 Å². The molecular formula is C8H18N4O. The maximum absolute atomic E-state index is 11.5. The molecule has 1 amide bonds. The van der Waals surface area contributed by atoms with E-state index < -0.39 is 0 Å². The average Bonchev–Trinajstić information content (AvgIpc) is 2.28. The van der Waals surface area contributed by atoms with Crippen LogP contribution in [0.1, 0.15) is 13.8 Å². The molecule has 2 atom stereocenters. The van der Waals surface area contributed by atoms with Crippen molar-refractivity contribution in [2.75, 3.05) is 20.1 Å². The first-order chi connectivity index (χ1) is 6.01. The van der Waals surface area contributed by atoms with Crippen LogP contribution >= 0.6 is 0 Å². The van der Waals surface area contributed by atoms with E-state index >= 15 is 0 Å². The van der Waals surface area contributed by atoms with E-state index in [1.165, 1.54) is 5.01 Å². The summed E-state index contributed by atoms with van der Waals surface area (Å²) >= 11 is 0. The Bertz CT molecular complexity index is 208. The van der Waals surface area contributed by atoms with Gasteiger partial charge in [-0.1, -0.05) is 6.92 Å². The van der Waals surface area contributed by atoms with Gasteiger partial charge in [0, 0.05) is 20.1 Å². The second kappa shape index (κ2) is 3.61. The molecule has 0 aliphatic carbocycles. The fraction of sp³-hybridized carbons (Fsp3) is 0.875. The van der Waals surface area contributed by atoms with Crippen LogP contribution in [-0.4, -0.2) is 36.7 Å². The smallest absolute Gasteiger partial charge is 0.242 e.